The fourth-order valence-electron chi connectivity index (χ4n) is 3.75. The largest absolute Gasteiger partial charge is 0.390 e. The molecule has 3 rings (SSSR count). The van der Waals surface area contributed by atoms with Crippen molar-refractivity contribution in [2.24, 2.45) is 9.50 Å². The summed E-state index contributed by atoms with van der Waals surface area (Å²) in [7, 11) is -3.35. The molecule has 8 heteroatoms. The molecule has 0 amide bonds. The Morgan fingerprint density at radius 1 is 1.45 bits per heavy atom. The number of nitrogens with two attached hydrogens (primary N) is 1. The Labute approximate surface area is 188 Å². The molecule has 2 aromatic rings. The van der Waals surface area contributed by atoms with E-state index >= 15 is 0 Å². The van der Waals surface area contributed by atoms with Gasteiger partial charge < -0.3 is 10.2 Å². The molecule has 2 atom stereocenters. The predicted octanol–water partition coefficient (Wildman–Crippen LogP) is 3.91. The number of hydrogen-bond donors (Lipinski definition) is 3. The van der Waals surface area contributed by atoms with Crippen LogP contribution >= 0.6 is 11.3 Å². The van der Waals surface area contributed by atoms with Crippen molar-refractivity contribution < 1.29 is 14.4 Å². The number of hydrogen-bond acceptors (Lipinski definition) is 6. The van der Waals surface area contributed by atoms with E-state index in [0.717, 1.165) is 33.6 Å². The maximum absolute atomic E-state index is 13.4. The fourth-order valence-corrected chi connectivity index (χ4v) is 6.39. The van der Waals surface area contributed by atoms with Gasteiger partial charge in [-0.25, -0.2) is 14.3 Å². The average molecular weight is 460 g/mol. The molecule has 0 bridgehead atoms. The third-order valence-electron chi connectivity index (χ3n) is 5.25. The van der Waals surface area contributed by atoms with Gasteiger partial charge in [0, 0.05) is 17.9 Å². The van der Waals surface area contributed by atoms with Crippen LogP contribution in [0.5, 0.6) is 0 Å². The molecular formula is C23H29N3O3S2. The topological polar surface area (TPSA) is 109 Å². The van der Waals surface area contributed by atoms with Crippen LogP contribution < -0.4 is 5.14 Å². The first kappa shape index (κ1) is 23.6. The summed E-state index contributed by atoms with van der Waals surface area (Å²) >= 11 is 1.02. The highest BCUT2D eigenvalue weighted by molar-refractivity contribution is 7.93. The molecule has 0 spiro atoms. The second kappa shape index (κ2) is 8.49. The summed E-state index contributed by atoms with van der Waals surface area (Å²) in [5, 5.41) is 26.5. The second-order valence-electron chi connectivity index (χ2n) is 8.69. The Hall–Kier alpha value is -2.02. The van der Waals surface area contributed by atoms with E-state index in [0.29, 0.717) is 17.1 Å². The number of aliphatic hydroxyl groups excluding tert-OH is 1. The van der Waals surface area contributed by atoms with E-state index in [4.69, 9.17) is 11.6 Å². The Morgan fingerprint density at radius 2 is 2.13 bits per heavy atom. The van der Waals surface area contributed by atoms with Crippen LogP contribution in [0, 0.1) is 12.3 Å². The Bertz CT molecular complexity index is 1200. The highest BCUT2D eigenvalue weighted by atomic mass is 32.2. The van der Waals surface area contributed by atoms with Gasteiger partial charge in [-0.3, -0.25) is 0 Å². The van der Waals surface area contributed by atoms with Crippen molar-refractivity contribution in [2.45, 2.75) is 69.3 Å². The molecule has 0 radical (unpaired) electrons. The molecule has 0 saturated heterocycles. The van der Waals surface area contributed by atoms with Crippen molar-refractivity contribution in [3.63, 3.8) is 0 Å². The molecule has 6 nitrogen and oxygen atoms in total. The lowest BCUT2D eigenvalue weighted by Gasteiger charge is -2.25. The summed E-state index contributed by atoms with van der Waals surface area (Å²) in [6.07, 6.45) is 8.10. The summed E-state index contributed by atoms with van der Waals surface area (Å²) in [4.78, 5) is 4.23. The van der Waals surface area contributed by atoms with E-state index in [2.05, 4.69) is 36.0 Å². The lowest BCUT2D eigenvalue weighted by molar-refractivity contribution is 0.0779. The fraction of sp³-hybridized carbons (Fsp3) is 0.435. The van der Waals surface area contributed by atoms with Crippen molar-refractivity contribution in [3.8, 4) is 12.3 Å². The van der Waals surface area contributed by atoms with E-state index in [9.17, 15) is 14.4 Å². The second-order valence-corrected chi connectivity index (χ2v) is 11.7. The zero-order valence-electron chi connectivity index (χ0n) is 18.5. The Kier molecular flexibility index (Phi) is 6.47. The molecule has 166 valence electrons. The number of aliphatic hydroxyl groups is 2. The molecule has 0 fully saturated rings. The molecule has 1 aromatic heterocycles. The number of benzene rings is 1. The van der Waals surface area contributed by atoms with Gasteiger partial charge in [0.1, 0.15) is 14.8 Å². The highest BCUT2D eigenvalue weighted by Crippen LogP contribution is 2.37. The van der Waals surface area contributed by atoms with Crippen molar-refractivity contribution >= 4 is 21.3 Å². The molecule has 31 heavy (non-hydrogen) atoms. The van der Waals surface area contributed by atoms with Crippen LogP contribution in [0.15, 0.2) is 32.5 Å². The Balaban J connectivity index is 2.10. The summed E-state index contributed by atoms with van der Waals surface area (Å²) in [5.74, 6) is 3.04. The lowest BCUT2D eigenvalue weighted by atomic mass is 9.81. The minimum absolute atomic E-state index is 0.0363. The van der Waals surface area contributed by atoms with Crippen molar-refractivity contribution in [2.75, 3.05) is 0 Å². The van der Waals surface area contributed by atoms with Gasteiger partial charge in [-0.05, 0) is 48.6 Å². The highest BCUT2D eigenvalue weighted by Gasteiger charge is 2.28. The molecular weight excluding hydrogens is 430 g/mol. The number of nitrogens with zero attached hydrogens (tertiary/aromatic N) is 2. The number of aromatic nitrogens is 1. The summed E-state index contributed by atoms with van der Waals surface area (Å²) in [5.41, 5.74) is 3.87. The quantitative estimate of drug-likeness (QED) is 0.589. The third-order valence-corrected chi connectivity index (χ3v) is 8.70. The van der Waals surface area contributed by atoms with E-state index in [1.807, 2.05) is 18.2 Å². The van der Waals surface area contributed by atoms with Gasteiger partial charge in [0.15, 0.2) is 9.92 Å². The van der Waals surface area contributed by atoms with Gasteiger partial charge in [-0.15, -0.1) is 17.8 Å². The first-order valence-electron chi connectivity index (χ1n) is 10.1. The molecule has 0 saturated carbocycles. The molecule has 0 aliphatic heterocycles. The summed E-state index contributed by atoms with van der Waals surface area (Å²) < 4.78 is 18.1. The number of allylic oxidation sites excluding steroid dienone is 2. The maximum Gasteiger partial charge on any atom is 0.150 e. The van der Waals surface area contributed by atoms with Crippen molar-refractivity contribution in [3.05, 3.63) is 56.9 Å². The van der Waals surface area contributed by atoms with Crippen LogP contribution in [0.25, 0.3) is 0 Å². The zero-order valence-corrected chi connectivity index (χ0v) is 20.1. The van der Waals surface area contributed by atoms with Gasteiger partial charge in [0.05, 0.1) is 18.0 Å². The van der Waals surface area contributed by atoms with E-state index in [1.165, 1.54) is 0 Å². The van der Waals surface area contributed by atoms with Crippen LogP contribution in [0.3, 0.4) is 0 Å². The smallest absolute Gasteiger partial charge is 0.150 e. The molecule has 1 aliphatic rings. The molecule has 1 aliphatic carbocycles. The monoisotopic (exact) mass is 459 g/mol. The number of fused-ring (bicyclic) bond motifs is 1. The minimum atomic E-state index is -3.35. The predicted molar refractivity (Wildman–Crippen MR) is 125 cm³/mol. The minimum Gasteiger partial charge on any atom is -0.390 e. The molecule has 2 unspecified atom stereocenters. The maximum atomic E-state index is 13.4. The lowest BCUT2D eigenvalue weighted by Crippen LogP contribution is -2.16. The molecule has 4 N–H and O–H groups in total. The molecule has 1 aromatic carbocycles. The van der Waals surface area contributed by atoms with Gasteiger partial charge in [-0.1, -0.05) is 32.8 Å². The van der Waals surface area contributed by atoms with Crippen LogP contribution in [0.1, 0.15) is 79.4 Å². The third kappa shape index (κ3) is 4.76. The number of terminal acetylenes is 1. The van der Waals surface area contributed by atoms with Crippen LogP contribution in [0.2, 0.25) is 0 Å². The van der Waals surface area contributed by atoms with Gasteiger partial charge >= 0.3 is 0 Å². The summed E-state index contributed by atoms with van der Waals surface area (Å²) in [6.45, 7) is 9.00. The average Bonchev–Trinajstić information content (AvgIpc) is 3.13. The van der Waals surface area contributed by atoms with E-state index in [-0.39, 0.29) is 21.7 Å². The normalized spacial score (nSPS) is 18.2. The van der Waals surface area contributed by atoms with Gasteiger partial charge in [0.2, 0.25) is 0 Å². The van der Waals surface area contributed by atoms with Crippen LogP contribution in [-0.4, -0.2) is 19.4 Å². The summed E-state index contributed by atoms with van der Waals surface area (Å²) in [6, 6.07) is 4.06. The van der Waals surface area contributed by atoms with Gasteiger partial charge in [0.25, 0.3) is 0 Å². The first-order chi connectivity index (χ1) is 14.4. The van der Waals surface area contributed by atoms with E-state index < -0.39 is 22.1 Å². The number of rotatable bonds is 5. The molecule has 1 heterocycles. The van der Waals surface area contributed by atoms with Crippen LogP contribution in [0.4, 0.5) is 0 Å². The van der Waals surface area contributed by atoms with Crippen molar-refractivity contribution in [1.82, 2.24) is 4.98 Å². The SMILES string of the molecule is C#Cc1cc(C(C)C)c2c(c1)C(C)C=C(N=S(N)(=O)c1sc(C(C)(C)O)nc1CO)C2. The van der Waals surface area contributed by atoms with Crippen LogP contribution in [-0.2, 0) is 28.5 Å². The standard InChI is InChI=1S/C23H29N3O3S2/c1-7-15-9-17(13(2)3)19-11-16(8-14(4)18(19)10-15)26-31(24,29)21-20(12-27)25-22(30-21)23(5,6)28/h1,8-10,13-14,27-28H,11-12H2,2-6H3,(H2,24,26,29). The van der Waals surface area contributed by atoms with Crippen molar-refractivity contribution in [1.29, 1.82) is 0 Å². The Morgan fingerprint density at radius 3 is 2.68 bits per heavy atom. The van der Waals surface area contributed by atoms with Gasteiger partial charge in [-0.2, -0.15) is 4.36 Å². The van der Waals surface area contributed by atoms with E-state index in [1.54, 1.807) is 13.8 Å². The number of thiazole rings is 1. The zero-order chi connectivity index (χ0) is 23.1. The first-order valence-corrected chi connectivity index (χ1v) is 12.5.